The van der Waals surface area contributed by atoms with Crippen molar-refractivity contribution in [2.45, 2.75) is 38.0 Å². The van der Waals surface area contributed by atoms with Crippen LogP contribution in [0.2, 0.25) is 0 Å². The summed E-state index contributed by atoms with van der Waals surface area (Å²) in [5.41, 5.74) is 1.26. The Kier molecular flexibility index (Phi) is 4.44. The van der Waals surface area contributed by atoms with Crippen molar-refractivity contribution in [3.8, 4) is 0 Å². The second kappa shape index (κ2) is 6.78. The molecule has 0 aliphatic carbocycles. The molecule has 0 bridgehead atoms. The van der Waals surface area contributed by atoms with Gasteiger partial charge in [-0.1, -0.05) is 42.5 Å². The minimum Gasteiger partial charge on any atom is -0.349 e. The van der Waals surface area contributed by atoms with Gasteiger partial charge in [0, 0.05) is 23.6 Å². The number of carbonyl (C=O) groups is 1. The van der Waals surface area contributed by atoms with Crippen molar-refractivity contribution in [3.63, 3.8) is 0 Å². The van der Waals surface area contributed by atoms with E-state index in [4.69, 9.17) is 4.74 Å². The number of hydrogen-bond acceptors (Lipinski definition) is 4. The number of piperidine rings is 1. The number of nitro groups is 1. The first-order valence-corrected chi connectivity index (χ1v) is 9.25. The van der Waals surface area contributed by atoms with E-state index < -0.39 is 10.6 Å². The smallest absolute Gasteiger partial charge is 0.269 e. The molecule has 4 rings (SSSR count). The molecule has 1 amide bonds. The Bertz CT molecular complexity index is 852. The number of non-ortho nitro benzene ring substituents is 1. The third kappa shape index (κ3) is 3.10. The lowest BCUT2D eigenvalue weighted by molar-refractivity contribution is -0.384. The van der Waals surface area contributed by atoms with Gasteiger partial charge in [-0.3, -0.25) is 14.9 Å². The lowest BCUT2D eigenvalue weighted by Gasteiger charge is -2.42. The summed E-state index contributed by atoms with van der Waals surface area (Å²) < 4.78 is 6.11. The number of fused-ring (bicyclic) bond motifs is 1. The largest absolute Gasteiger partial charge is 0.349 e. The number of rotatable bonds is 4. The molecule has 2 saturated heterocycles. The van der Waals surface area contributed by atoms with Crippen LogP contribution in [0.25, 0.3) is 0 Å². The van der Waals surface area contributed by atoms with E-state index in [1.165, 1.54) is 12.1 Å². The van der Waals surface area contributed by atoms with Crippen LogP contribution in [0, 0.1) is 16.0 Å². The average molecular weight is 366 g/mol. The summed E-state index contributed by atoms with van der Waals surface area (Å²) in [5, 5.41) is 10.8. The summed E-state index contributed by atoms with van der Waals surface area (Å²) in [6, 6.07) is 16.5. The van der Waals surface area contributed by atoms with Crippen LogP contribution in [0.4, 0.5) is 5.69 Å². The van der Waals surface area contributed by atoms with Crippen LogP contribution in [-0.4, -0.2) is 28.4 Å². The van der Waals surface area contributed by atoms with Crippen molar-refractivity contribution < 1.29 is 14.5 Å². The number of amides is 1. The summed E-state index contributed by atoms with van der Waals surface area (Å²) in [6.07, 6.45) is 2.31. The van der Waals surface area contributed by atoms with Gasteiger partial charge in [0.15, 0.2) is 5.72 Å². The van der Waals surface area contributed by atoms with Crippen LogP contribution in [0.1, 0.15) is 30.9 Å². The second-order valence-electron chi connectivity index (χ2n) is 7.42. The summed E-state index contributed by atoms with van der Waals surface area (Å²) >= 11 is 0. The monoisotopic (exact) mass is 366 g/mol. The Hall–Kier alpha value is -2.73. The van der Waals surface area contributed by atoms with Crippen LogP contribution in [-0.2, 0) is 21.7 Å². The maximum atomic E-state index is 13.3. The van der Waals surface area contributed by atoms with Crippen molar-refractivity contribution in [3.05, 3.63) is 75.8 Å². The second-order valence-corrected chi connectivity index (χ2v) is 7.42. The SMILES string of the molecule is C[C@@]1(c2ccccc2)OC[C@@H]2CC[C@H](Cc3ccc([N+](=O)[O-])cc3)C(=O)N21. The molecule has 0 aromatic heterocycles. The number of benzene rings is 2. The number of nitro benzene ring substituents is 1. The number of hydrogen-bond donors (Lipinski definition) is 0. The normalized spacial score (nSPS) is 27.4. The molecular weight excluding hydrogens is 344 g/mol. The molecular formula is C21H22N2O4. The van der Waals surface area contributed by atoms with Crippen LogP contribution in [0.5, 0.6) is 0 Å². The molecule has 0 radical (unpaired) electrons. The minimum atomic E-state index is -0.739. The Morgan fingerprint density at radius 2 is 1.85 bits per heavy atom. The summed E-state index contributed by atoms with van der Waals surface area (Å²) in [5.74, 6) is -0.0269. The fourth-order valence-corrected chi connectivity index (χ4v) is 4.26. The first kappa shape index (κ1) is 17.7. The molecule has 0 saturated carbocycles. The maximum Gasteiger partial charge on any atom is 0.269 e. The molecule has 3 atom stereocenters. The predicted molar refractivity (Wildman–Crippen MR) is 99.9 cm³/mol. The van der Waals surface area contributed by atoms with Gasteiger partial charge in [0.2, 0.25) is 5.91 Å². The summed E-state index contributed by atoms with van der Waals surface area (Å²) in [6.45, 7) is 2.52. The van der Waals surface area contributed by atoms with Crippen molar-refractivity contribution >= 4 is 11.6 Å². The Morgan fingerprint density at radius 3 is 2.52 bits per heavy atom. The van der Waals surface area contributed by atoms with Crippen molar-refractivity contribution in [1.29, 1.82) is 0 Å². The van der Waals surface area contributed by atoms with E-state index in [1.807, 2.05) is 42.2 Å². The average Bonchev–Trinajstić information content (AvgIpc) is 3.04. The Balaban J connectivity index is 1.56. The predicted octanol–water partition coefficient (Wildman–Crippen LogP) is 3.65. The zero-order valence-electron chi connectivity index (χ0n) is 15.2. The quantitative estimate of drug-likeness (QED) is 0.612. The molecule has 2 aromatic rings. The zero-order valence-corrected chi connectivity index (χ0v) is 15.2. The van der Waals surface area contributed by atoms with Crippen molar-refractivity contribution in [2.24, 2.45) is 5.92 Å². The summed E-state index contributed by atoms with van der Waals surface area (Å²) in [7, 11) is 0. The highest BCUT2D eigenvalue weighted by atomic mass is 16.6. The van der Waals surface area contributed by atoms with E-state index in [0.717, 1.165) is 24.0 Å². The number of ether oxygens (including phenoxy) is 1. The van der Waals surface area contributed by atoms with Crippen LogP contribution in [0.15, 0.2) is 54.6 Å². The molecule has 0 spiro atoms. The first-order valence-electron chi connectivity index (χ1n) is 9.25. The van der Waals surface area contributed by atoms with Crippen molar-refractivity contribution in [1.82, 2.24) is 4.90 Å². The number of nitrogens with zero attached hydrogens (tertiary/aromatic N) is 2. The fraction of sp³-hybridized carbons (Fsp3) is 0.381. The van der Waals surface area contributed by atoms with Gasteiger partial charge < -0.3 is 9.64 Å². The van der Waals surface area contributed by atoms with Gasteiger partial charge >= 0.3 is 0 Å². The molecule has 2 aliphatic heterocycles. The van der Waals surface area contributed by atoms with Gasteiger partial charge in [-0.25, -0.2) is 0 Å². The van der Waals surface area contributed by atoms with Gasteiger partial charge in [0.1, 0.15) is 0 Å². The highest BCUT2D eigenvalue weighted by Gasteiger charge is 2.51. The number of carbonyl (C=O) groups excluding carboxylic acids is 1. The third-order valence-electron chi connectivity index (χ3n) is 5.76. The standard InChI is InChI=1S/C21H22N2O4/c1-21(17-5-3-2-4-6-17)22-19(14-27-21)12-9-16(20(22)24)13-15-7-10-18(11-8-15)23(25)26/h2-8,10-11,16,19H,9,12-14H2,1H3/t16-,19+,21+/m1/s1. The highest BCUT2D eigenvalue weighted by molar-refractivity contribution is 5.81. The summed E-state index contributed by atoms with van der Waals surface area (Å²) in [4.78, 5) is 25.6. The molecule has 27 heavy (non-hydrogen) atoms. The van der Waals surface area contributed by atoms with Gasteiger partial charge in [-0.15, -0.1) is 0 Å². The molecule has 0 N–H and O–H groups in total. The molecule has 6 nitrogen and oxygen atoms in total. The van der Waals surface area contributed by atoms with E-state index >= 15 is 0 Å². The minimum absolute atomic E-state index is 0.0679. The van der Waals surface area contributed by atoms with Gasteiger partial charge in [0.05, 0.1) is 17.6 Å². The van der Waals surface area contributed by atoms with E-state index in [0.29, 0.717) is 13.0 Å². The van der Waals surface area contributed by atoms with Crippen LogP contribution < -0.4 is 0 Å². The van der Waals surface area contributed by atoms with Gasteiger partial charge in [-0.2, -0.15) is 0 Å². The molecule has 2 aromatic carbocycles. The first-order chi connectivity index (χ1) is 13.0. The van der Waals surface area contributed by atoms with Crippen LogP contribution >= 0.6 is 0 Å². The molecule has 6 heteroatoms. The van der Waals surface area contributed by atoms with E-state index in [2.05, 4.69) is 0 Å². The topological polar surface area (TPSA) is 72.7 Å². The molecule has 0 unspecified atom stereocenters. The third-order valence-corrected chi connectivity index (χ3v) is 5.76. The lowest BCUT2D eigenvalue weighted by Crippen LogP contribution is -2.53. The van der Waals surface area contributed by atoms with Gasteiger partial charge in [-0.05, 0) is 31.7 Å². The Morgan fingerprint density at radius 1 is 1.15 bits per heavy atom. The van der Waals surface area contributed by atoms with E-state index in [9.17, 15) is 14.9 Å². The van der Waals surface area contributed by atoms with E-state index in [1.54, 1.807) is 12.1 Å². The fourth-order valence-electron chi connectivity index (χ4n) is 4.26. The van der Waals surface area contributed by atoms with Gasteiger partial charge in [0.25, 0.3) is 5.69 Å². The Labute approximate surface area is 157 Å². The highest BCUT2D eigenvalue weighted by Crippen LogP contribution is 2.43. The molecule has 2 aliphatic rings. The molecule has 2 fully saturated rings. The van der Waals surface area contributed by atoms with Crippen molar-refractivity contribution in [2.75, 3.05) is 6.61 Å². The maximum absolute atomic E-state index is 13.3. The zero-order chi connectivity index (χ0) is 19.0. The molecule has 2 heterocycles. The van der Waals surface area contributed by atoms with Crippen LogP contribution in [0.3, 0.4) is 0 Å². The van der Waals surface area contributed by atoms with E-state index in [-0.39, 0.29) is 23.6 Å². The lowest BCUT2D eigenvalue weighted by atomic mass is 9.86. The molecule has 140 valence electrons.